The first-order chi connectivity index (χ1) is 5.74. The van der Waals surface area contributed by atoms with Crippen LogP contribution >= 0.6 is 15.9 Å². The fourth-order valence-corrected chi connectivity index (χ4v) is 1.44. The van der Waals surface area contributed by atoms with Gasteiger partial charge in [-0.05, 0) is 31.2 Å². The quantitative estimate of drug-likeness (QED) is 0.838. The van der Waals surface area contributed by atoms with Gasteiger partial charge in [0.2, 0.25) is 0 Å². The summed E-state index contributed by atoms with van der Waals surface area (Å²) in [6, 6.07) is 8.87. The third kappa shape index (κ3) is 2.61. The molecule has 0 spiro atoms. The normalized spacial score (nSPS) is 12.9. The molecule has 0 fully saturated rings. The molecule has 2 heteroatoms. The molecule has 0 amide bonds. The van der Waals surface area contributed by atoms with Crippen molar-refractivity contribution in [3.63, 3.8) is 0 Å². The molecular weight excluding hydrogens is 214 g/mol. The van der Waals surface area contributed by atoms with E-state index in [9.17, 15) is 0 Å². The fraction of sp³-hybridized carbons (Fsp3) is 0.400. The summed E-state index contributed by atoms with van der Waals surface area (Å²) < 4.78 is 1.13. The Labute approximate surface area is 82.3 Å². The van der Waals surface area contributed by atoms with Gasteiger partial charge in [0.25, 0.3) is 0 Å². The lowest BCUT2D eigenvalue weighted by Gasteiger charge is -2.12. The predicted octanol–water partition coefficient (Wildman–Crippen LogP) is 3.12. The minimum Gasteiger partial charge on any atom is -0.310 e. The SMILES string of the molecule is CCNC(C)c1ccc(Br)cc1. The van der Waals surface area contributed by atoms with Crippen LogP contribution in [0.5, 0.6) is 0 Å². The second-order valence-electron chi connectivity index (χ2n) is 2.83. The Hall–Kier alpha value is -0.340. The van der Waals surface area contributed by atoms with Gasteiger partial charge in [0, 0.05) is 10.5 Å². The van der Waals surface area contributed by atoms with Crippen LogP contribution in [-0.2, 0) is 0 Å². The van der Waals surface area contributed by atoms with E-state index in [0.717, 1.165) is 11.0 Å². The lowest BCUT2D eigenvalue weighted by atomic mass is 10.1. The van der Waals surface area contributed by atoms with E-state index in [4.69, 9.17) is 0 Å². The molecule has 0 saturated carbocycles. The third-order valence-electron chi connectivity index (χ3n) is 1.88. The molecule has 66 valence electrons. The van der Waals surface area contributed by atoms with Gasteiger partial charge in [-0.15, -0.1) is 0 Å². The molecule has 1 aromatic rings. The minimum absolute atomic E-state index is 0.447. The molecule has 0 heterocycles. The van der Waals surface area contributed by atoms with Crippen LogP contribution in [0.1, 0.15) is 25.5 Å². The van der Waals surface area contributed by atoms with Crippen LogP contribution in [0, 0.1) is 0 Å². The summed E-state index contributed by atoms with van der Waals surface area (Å²) in [5.74, 6) is 0. The van der Waals surface area contributed by atoms with E-state index in [1.807, 2.05) is 0 Å². The molecule has 1 aromatic carbocycles. The van der Waals surface area contributed by atoms with E-state index in [0.29, 0.717) is 6.04 Å². The average Bonchev–Trinajstić information content (AvgIpc) is 2.06. The third-order valence-corrected chi connectivity index (χ3v) is 2.41. The molecule has 12 heavy (non-hydrogen) atoms. The summed E-state index contributed by atoms with van der Waals surface area (Å²) >= 11 is 3.41. The molecule has 1 N–H and O–H groups in total. The summed E-state index contributed by atoms with van der Waals surface area (Å²) in [6.07, 6.45) is 0. The number of hydrogen-bond donors (Lipinski definition) is 1. The van der Waals surface area contributed by atoms with Gasteiger partial charge < -0.3 is 5.32 Å². The van der Waals surface area contributed by atoms with Crippen molar-refractivity contribution >= 4 is 15.9 Å². The van der Waals surface area contributed by atoms with Crippen molar-refractivity contribution in [1.29, 1.82) is 0 Å². The van der Waals surface area contributed by atoms with E-state index in [2.05, 4.69) is 59.4 Å². The van der Waals surface area contributed by atoms with Crippen LogP contribution in [-0.4, -0.2) is 6.54 Å². The summed E-state index contributed by atoms with van der Waals surface area (Å²) in [5.41, 5.74) is 1.33. The highest BCUT2D eigenvalue weighted by atomic mass is 79.9. The molecule has 0 aromatic heterocycles. The number of benzene rings is 1. The summed E-state index contributed by atoms with van der Waals surface area (Å²) in [5, 5.41) is 3.37. The van der Waals surface area contributed by atoms with Gasteiger partial charge in [0.05, 0.1) is 0 Å². The maximum absolute atomic E-state index is 3.41. The number of halogens is 1. The Morgan fingerprint density at radius 2 is 1.92 bits per heavy atom. The maximum atomic E-state index is 3.41. The molecule has 1 atom stereocenters. The van der Waals surface area contributed by atoms with E-state index in [1.54, 1.807) is 0 Å². The topological polar surface area (TPSA) is 12.0 Å². The zero-order valence-electron chi connectivity index (χ0n) is 7.47. The molecule has 1 rings (SSSR count). The first-order valence-electron chi connectivity index (χ1n) is 4.23. The van der Waals surface area contributed by atoms with Crippen molar-refractivity contribution in [2.45, 2.75) is 19.9 Å². The molecule has 1 nitrogen and oxygen atoms in total. The minimum atomic E-state index is 0.447. The molecule has 0 bridgehead atoms. The monoisotopic (exact) mass is 227 g/mol. The van der Waals surface area contributed by atoms with Crippen LogP contribution in [0.4, 0.5) is 0 Å². The second-order valence-corrected chi connectivity index (χ2v) is 3.75. The second kappa shape index (κ2) is 4.63. The van der Waals surface area contributed by atoms with Gasteiger partial charge >= 0.3 is 0 Å². The van der Waals surface area contributed by atoms with Crippen molar-refractivity contribution in [3.05, 3.63) is 34.3 Å². The Bertz CT molecular complexity index is 230. The van der Waals surface area contributed by atoms with Crippen molar-refractivity contribution in [2.75, 3.05) is 6.54 Å². The molecule has 0 saturated heterocycles. The molecule has 1 unspecified atom stereocenters. The zero-order valence-corrected chi connectivity index (χ0v) is 9.06. The first-order valence-corrected chi connectivity index (χ1v) is 5.02. The molecular formula is C10H14BrN. The maximum Gasteiger partial charge on any atom is 0.0291 e. The number of hydrogen-bond acceptors (Lipinski definition) is 1. The zero-order chi connectivity index (χ0) is 8.97. The smallest absolute Gasteiger partial charge is 0.0291 e. The van der Waals surface area contributed by atoms with Crippen molar-refractivity contribution in [2.24, 2.45) is 0 Å². The van der Waals surface area contributed by atoms with E-state index < -0.39 is 0 Å². The van der Waals surface area contributed by atoms with Crippen LogP contribution in [0.25, 0.3) is 0 Å². The summed E-state index contributed by atoms with van der Waals surface area (Å²) in [4.78, 5) is 0. The van der Waals surface area contributed by atoms with E-state index in [-0.39, 0.29) is 0 Å². The highest BCUT2D eigenvalue weighted by molar-refractivity contribution is 9.10. The Morgan fingerprint density at radius 1 is 1.33 bits per heavy atom. The van der Waals surface area contributed by atoms with Gasteiger partial charge in [-0.25, -0.2) is 0 Å². The molecule has 0 aliphatic rings. The summed E-state index contributed by atoms with van der Waals surface area (Å²) in [6.45, 7) is 5.30. The lowest BCUT2D eigenvalue weighted by molar-refractivity contribution is 0.598. The van der Waals surface area contributed by atoms with Crippen LogP contribution in [0.15, 0.2) is 28.7 Å². The highest BCUT2D eigenvalue weighted by Crippen LogP contribution is 2.15. The molecule has 0 radical (unpaired) electrons. The van der Waals surface area contributed by atoms with Crippen LogP contribution in [0.3, 0.4) is 0 Å². The van der Waals surface area contributed by atoms with Crippen molar-refractivity contribution in [1.82, 2.24) is 5.32 Å². The highest BCUT2D eigenvalue weighted by Gasteiger charge is 2.01. The number of rotatable bonds is 3. The standard InChI is InChI=1S/C10H14BrN/c1-3-12-8(2)9-4-6-10(11)7-5-9/h4-8,12H,3H2,1-2H3. The Kier molecular flexibility index (Phi) is 3.76. The van der Waals surface area contributed by atoms with Crippen molar-refractivity contribution < 1.29 is 0 Å². The van der Waals surface area contributed by atoms with Gasteiger partial charge in [-0.2, -0.15) is 0 Å². The Morgan fingerprint density at radius 3 is 2.42 bits per heavy atom. The largest absolute Gasteiger partial charge is 0.310 e. The lowest BCUT2D eigenvalue weighted by Crippen LogP contribution is -2.17. The fourth-order valence-electron chi connectivity index (χ4n) is 1.18. The van der Waals surface area contributed by atoms with Gasteiger partial charge in [-0.1, -0.05) is 35.0 Å². The van der Waals surface area contributed by atoms with Gasteiger partial charge in [0.15, 0.2) is 0 Å². The first kappa shape index (κ1) is 9.75. The van der Waals surface area contributed by atoms with Gasteiger partial charge in [-0.3, -0.25) is 0 Å². The molecule has 0 aliphatic heterocycles. The molecule has 0 aliphatic carbocycles. The van der Waals surface area contributed by atoms with Gasteiger partial charge in [0.1, 0.15) is 0 Å². The van der Waals surface area contributed by atoms with Crippen molar-refractivity contribution in [3.8, 4) is 0 Å². The average molecular weight is 228 g/mol. The predicted molar refractivity (Wildman–Crippen MR) is 56.2 cm³/mol. The number of nitrogens with one attached hydrogen (secondary N) is 1. The Balaban J connectivity index is 2.68. The summed E-state index contributed by atoms with van der Waals surface area (Å²) in [7, 11) is 0. The van der Waals surface area contributed by atoms with Crippen LogP contribution < -0.4 is 5.32 Å². The van der Waals surface area contributed by atoms with E-state index in [1.165, 1.54) is 5.56 Å². The van der Waals surface area contributed by atoms with E-state index >= 15 is 0 Å². The van der Waals surface area contributed by atoms with Crippen LogP contribution in [0.2, 0.25) is 0 Å².